The van der Waals surface area contributed by atoms with E-state index in [4.69, 9.17) is 4.74 Å². The van der Waals surface area contributed by atoms with E-state index in [1.165, 1.54) is 34.7 Å². The Morgan fingerprint density at radius 2 is 2.00 bits per heavy atom. The lowest BCUT2D eigenvalue weighted by molar-refractivity contribution is 0.104. The summed E-state index contributed by atoms with van der Waals surface area (Å²) < 4.78 is 5.75. The molecule has 0 spiro atoms. The predicted molar refractivity (Wildman–Crippen MR) is 83.9 cm³/mol. The van der Waals surface area contributed by atoms with E-state index >= 15 is 0 Å². The number of aryl methyl sites for hydroxylation is 1. The van der Waals surface area contributed by atoms with Gasteiger partial charge >= 0.3 is 0 Å². The highest BCUT2D eigenvalue weighted by atomic mass is 79.9. The highest BCUT2D eigenvalue weighted by molar-refractivity contribution is 9.09. The quantitative estimate of drug-likeness (QED) is 0.711. The molecule has 1 aliphatic rings. The molecule has 2 aromatic carbocycles. The van der Waals surface area contributed by atoms with Gasteiger partial charge in [0.1, 0.15) is 0 Å². The molecule has 0 saturated carbocycles. The summed E-state index contributed by atoms with van der Waals surface area (Å²) in [5.41, 5.74) is 2.73. The van der Waals surface area contributed by atoms with Crippen molar-refractivity contribution in [3.8, 4) is 0 Å². The number of fused-ring (bicyclic) bond motifs is 1. The number of alkyl halides is 1. The summed E-state index contributed by atoms with van der Waals surface area (Å²) in [6.07, 6.45) is 3.89. The Kier molecular flexibility index (Phi) is 3.90. The first-order valence-electron chi connectivity index (χ1n) is 6.99. The third-order valence-corrected chi connectivity index (χ3v) is 4.87. The SMILES string of the molecule is Cc1ccc(C(Br)CC2CCCO2)c2ccccc12. The van der Waals surface area contributed by atoms with E-state index < -0.39 is 0 Å². The van der Waals surface area contributed by atoms with Gasteiger partial charge in [-0.1, -0.05) is 52.3 Å². The molecule has 0 radical (unpaired) electrons. The summed E-state index contributed by atoms with van der Waals surface area (Å²) in [6, 6.07) is 13.1. The van der Waals surface area contributed by atoms with Gasteiger partial charge in [-0.15, -0.1) is 0 Å². The van der Waals surface area contributed by atoms with Crippen LogP contribution in [0.15, 0.2) is 36.4 Å². The molecule has 1 fully saturated rings. The zero-order valence-electron chi connectivity index (χ0n) is 11.2. The van der Waals surface area contributed by atoms with Crippen molar-refractivity contribution in [1.29, 1.82) is 0 Å². The van der Waals surface area contributed by atoms with Crippen molar-refractivity contribution in [1.82, 2.24) is 0 Å². The summed E-state index contributed by atoms with van der Waals surface area (Å²) >= 11 is 3.86. The van der Waals surface area contributed by atoms with Crippen LogP contribution >= 0.6 is 15.9 Å². The van der Waals surface area contributed by atoms with Crippen molar-refractivity contribution in [2.45, 2.75) is 37.1 Å². The maximum absolute atomic E-state index is 5.75. The summed E-state index contributed by atoms with van der Waals surface area (Å²) in [5, 5.41) is 2.72. The minimum atomic E-state index is 0.376. The molecule has 2 aromatic rings. The summed E-state index contributed by atoms with van der Waals surface area (Å²) in [6.45, 7) is 3.11. The fraction of sp³-hybridized carbons (Fsp3) is 0.412. The van der Waals surface area contributed by atoms with Crippen molar-refractivity contribution in [2.75, 3.05) is 6.61 Å². The van der Waals surface area contributed by atoms with Crippen LogP contribution in [0.5, 0.6) is 0 Å². The maximum Gasteiger partial charge on any atom is 0.0589 e. The van der Waals surface area contributed by atoms with Crippen LogP contribution in [0.1, 0.15) is 35.2 Å². The third kappa shape index (κ3) is 2.70. The molecule has 100 valence electrons. The second-order valence-corrected chi connectivity index (χ2v) is 6.46. The van der Waals surface area contributed by atoms with E-state index in [0.29, 0.717) is 10.9 Å². The van der Waals surface area contributed by atoms with Crippen molar-refractivity contribution in [2.24, 2.45) is 0 Å². The molecule has 19 heavy (non-hydrogen) atoms. The van der Waals surface area contributed by atoms with E-state index in [0.717, 1.165) is 13.0 Å². The van der Waals surface area contributed by atoms with Crippen molar-refractivity contribution < 1.29 is 4.74 Å². The van der Waals surface area contributed by atoms with E-state index in [1.807, 2.05) is 0 Å². The topological polar surface area (TPSA) is 9.23 Å². The standard InChI is InChI=1S/C17H19BrO/c1-12-8-9-16(15-7-3-2-6-14(12)15)17(18)11-13-5-4-10-19-13/h2-3,6-9,13,17H,4-5,10-11H2,1H3. The first-order valence-corrected chi connectivity index (χ1v) is 7.91. The summed E-state index contributed by atoms with van der Waals surface area (Å²) in [4.78, 5) is 0.376. The fourth-order valence-electron chi connectivity index (χ4n) is 2.93. The second kappa shape index (κ2) is 5.64. The molecule has 2 unspecified atom stereocenters. The van der Waals surface area contributed by atoms with Gasteiger partial charge in [0.05, 0.1) is 6.10 Å². The monoisotopic (exact) mass is 318 g/mol. The van der Waals surface area contributed by atoms with Crippen LogP contribution in [0.4, 0.5) is 0 Å². The first kappa shape index (κ1) is 13.1. The highest BCUT2D eigenvalue weighted by Gasteiger charge is 2.21. The van der Waals surface area contributed by atoms with Gasteiger partial charge in [0.2, 0.25) is 0 Å². The van der Waals surface area contributed by atoms with Gasteiger partial charge in [0, 0.05) is 11.4 Å². The lowest BCUT2D eigenvalue weighted by atomic mass is 9.96. The summed E-state index contributed by atoms with van der Waals surface area (Å²) in [5.74, 6) is 0. The second-order valence-electron chi connectivity index (χ2n) is 5.36. The van der Waals surface area contributed by atoms with E-state index in [-0.39, 0.29) is 0 Å². The molecule has 0 N–H and O–H groups in total. The van der Waals surface area contributed by atoms with Crippen molar-refractivity contribution in [3.63, 3.8) is 0 Å². The van der Waals surface area contributed by atoms with Crippen LogP contribution < -0.4 is 0 Å². The zero-order valence-corrected chi connectivity index (χ0v) is 12.8. The van der Waals surface area contributed by atoms with Crippen LogP contribution in [0.25, 0.3) is 10.8 Å². The Hall–Kier alpha value is -0.860. The smallest absolute Gasteiger partial charge is 0.0589 e. The van der Waals surface area contributed by atoms with Crippen LogP contribution in [0.3, 0.4) is 0 Å². The Morgan fingerprint density at radius 1 is 1.21 bits per heavy atom. The summed E-state index contributed by atoms with van der Waals surface area (Å²) in [7, 11) is 0. The van der Waals surface area contributed by atoms with Crippen LogP contribution in [0.2, 0.25) is 0 Å². The molecule has 2 atom stereocenters. The molecule has 3 rings (SSSR count). The first-order chi connectivity index (χ1) is 9.25. The average Bonchev–Trinajstić information content (AvgIpc) is 2.92. The van der Waals surface area contributed by atoms with Gasteiger partial charge in [-0.2, -0.15) is 0 Å². The molecule has 0 amide bonds. The Morgan fingerprint density at radius 3 is 2.74 bits per heavy atom. The molecule has 0 aliphatic carbocycles. The van der Waals surface area contributed by atoms with Crippen LogP contribution in [0, 0.1) is 6.92 Å². The maximum atomic E-state index is 5.75. The number of ether oxygens (including phenoxy) is 1. The van der Waals surface area contributed by atoms with Gasteiger partial charge in [-0.3, -0.25) is 0 Å². The van der Waals surface area contributed by atoms with Gasteiger partial charge in [-0.25, -0.2) is 0 Å². The van der Waals surface area contributed by atoms with Gasteiger partial charge in [0.25, 0.3) is 0 Å². The third-order valence-electron chi connectivity index (χ3n) is 4.01. The molecular formula is C17H19BrO. The number of hydrogen-bond acceptors (Lipinski definition) is 1. The molecule has 1 nitrogen and oxygen atoms in total. The molecule has 0 bridgehead atoms. The van der Waals surface area contributed by atoms with Gasteiger partial charge in [-0.05, 0) is 48.1 Å². The highest BCUT2D eigenvalue weighted by Crippen LogP contribution is 2.36. The number of halogens is 1. The van der Waals surface area contributed by atoms with Crippen molar-refractivity contribution >= 4 is 26.7 Å². The normalized spacial score (nSPS) is 20.8. The molecule has 1 aliphatic heterocycles. The van der Waals surface area contributed by atoms with Gasteiger partial charge in [0.15, 0.2) is 0 Å². The average molecular weight is 319 g/mol. The Balaban J connectivity index is 1.93. The van der Waals surface area contributed by atoms with Crippen LogP contribution in [-0.2, 0) is 4.74 Å². The number of hydrogen-bond donors (Lipinski definition) is 0. The van der Waals surface area contributed by atoms with E-state index in [2.05, 4.69) is 59.3 Å². The molecule has 1 saturated heterocycles. The fourth-order valence-corrected chi connectivity index (χ4v) is 3.75. The molecule has 0 aromatic heterocycles. The minimum absolute atomic E-state index is 0.376. The Bertz CT molecular complexity index is 572. The lowest BCUT2D eigenvalue weighted by Crippen LogP contribution is -2.08. The number of rotatable bonds is 3. The van der Waals surface area contributed by atoms with Crippen molar-refractivity contribution in [3.05, 3.63) is 47.5 Å². The number of benzene rings is 2. The van der Waals surface area contributed by atoms with Crippen LogP contribution in [-0.4, -0.2) is 12.7 Å². The lowest BCUT2D eigenvalue weighted by Gasteiger charge is -2.17. The largest absolute Gasteiger partial charge is 0.378 e. The zero-order chi connectivity index (χ0) is 13.2. The van der Waals surface area contributed by atoms with E-state index in [9.17, 15) is 0 Å². The Labute approximate surface area is 123 Å². The van der Waals surface area contributed by atoms with Gasteiger partial charge < -0.3 is 4.74 Å². The molecule has 1 heterocycles. The predicted octanol–water partition coefficient (Wildman–Crippen LogP) is 5.15. The molecular weight excluding hydrogens is 300 g/mol. The minimum Gasteiger partial charge on any atom is -0.378 e. The molecule has 2 heteroatoms. The van der Waals surface area contributed by atoms with E-state index in [1.54, 1.807) is 0 Å².